The molecule has 3 atom stereocenters. The first-order valence-corrected chi connectivity index (χ1v) is 9.77. The number of sulfonamides is 1. The van der Waals surface area contributed by atoms with E-state index in [4.69, 9.17) is 9.47 Å². The number of morpholine rings is 1. The molecular weight excluding hydrogens is 346 g/mol. The van der Waals surface area contributed by atoms with Crippen LogP contribution in [0.15, 0.2) is 24.5 Å². The van der Waals surface area contributed by atoms with Crippen LogP contribution in [0.5, 0.6) is 0 Å². The summed E-state index contributed by atoms with van der Waals surface area (Å²) in [4.78, 5) is 17.9. The Morgan fingerprint density at radius 3 is 2.88 bits per heavy atom. The zero-order valence-corrected chi connectivity index (χ0v) is 14.8. The van der Waals surface area contributed by atoms with Crippen molar-refractivity contribution in [2.75, 3.05) is 33.4 Å². The van der Waals surface area contributed by atoms with Gasteiger partial charge in [0, 0.05) is 39.1 Å². The Kier molecular flexibility index (Phi) is 4.06. The summed E-state index contributed by atoms with van der Waals surface area (Å²) < 4.78 is 38.6. The highest BCUT2D eigenvalue weighted by Gasteiger charge is 2.65. The van der Waals surface area contributed by atoms with E-state index < -0.39 is 20.9 Å². The van der Waals surface area contributed by atoms with Crippen LogP contribution in [0.1, 0.15) is 12.0 Å². The predicted octanol–water partition coefficient (Wildman–Crippen LogP) is -0.388. The van der Waals surface area contributed by atoms with Crippen LogP contribution in [-0.2, 0) is 30.8 Å². The summed E-state index contributed by atoms with van der Waals surface area (Å²) >= 11 is 0. The van der Waals surface area contributed by atoms with Gasteiger partial charge in [-0.05, 0) is 24.1 Å². The summed E-state index contributed by atoms with van der Waals surface area (Å²) in [6.07, 6.45) is 3.51. The first kappa shape index (κ1) is 16.9. The van der Waals surface area contributed by atoms with Gasteiger partial charge in [0.2, 0.25) is 15.9 Å². The van der Waals surface area contributed by atoms with Crippen molar-refractivity contribution in [2.24, 2.45) is 0 Å². The van der Waals surface area contributed by atoms with Gasteiger partial charge in [-0.15, -0.1) is 0 Å². The number of carbonyl (C=O) groups excluding carboxylic acids is 1. The number of pyridine rings is 1. The van der Waals surface area contributed by atoms with Crippen LogP contribution in [0.4, 0.5) is 0 Å². The summed E-state index contributed by atoms with van der Waals surface area (Å²) in [6.45, 7) is 1.29. The highest BCUT2D eigenvalue weighted by Crippen LogP contribution is 2.46. The number of aromatic nitrogens is 1. The molecule has 3 fully saturated rings. The Morgan fingerprint density at radius 2 is 2.16 bits per heavy atom. The molecule has 1 aromatic rings. The molecule has 25 heavy (non-hydrogen) atoms. The summed E-state index contributed by atoms with van der Waals surface area (Å²) in [5.74, 6) is -0.124. The molecular formula is C16H21N3O5S. The normalized spacial score (nSPS) is 33.4. The van der Waals surface area contributed by atoms with E-state index in [1.54, 1.807) is 29.4 Å². The monoisotopic (exact) mass is 367 g/mol. The number of amides is 1. The van der Waals surface area contributed by atoms with Crippen LogP contribution in [-0.4, -0.2) is 78.8 Å². The van der Waals surface area contributed by atoms with Crippen molar-refractivity contribution in [1.82, 2.24) is 14.2 Å². The Balaban J connectivity index is 1.58. The number of nitrogens with zero attached hydrogens (tertiary/aromatic N) is 3. The molecule has 1 amide bonds. The maximum absolute atomic E-state index is 13.0. The highest BCUT2D eigenvalue weighted by molar-refractivity contribution is 7.90. The minimum atomic E-state index is -3.47. The molecule has 4 heterocycles. The zero-order chi connectivity index (χ0) is 17.7. The molecule has 2 bridgehead atoms. The fraction of sp³-hybridized carbons (Fsp3) is 0.625. The molecule has 9 heteroatoms. The molecule has 0 radical (unpaired) electrons. The molecule has 3 saturated heterocycles. The summed E-state index contributed by atoms with van der Waals surface area (Å²) in [6, 6.07) is 3.61. The van der Waals surface area contributed by atoms with Crippen LogP contribution < -0.4 is 0 Å². The number of hydrogen-bond acceptors (Lipinski definition) is 6. The van der Waals surface area contributed by atoms with Crippen LogP contribution in [0.2, 0.25) is 0 Å². The minimum Gasteiger partial charge on any atom is -0.375 e. The Labute approximate surface area is 146 Å². The number of hydrogen-bond donors (Lipinski definition) is 0. The lowest BCUT2D eigenvalue weighted by atomic mass is 9.99. The number of rotatable bonds is 4. The second kappa shape index (κ2) is 6.01. The maximum atomic E-state index is 13.0. The smallest absolute Gasteiger partial charge is 0.248 e. The van der Waals surface area contributed by atoms with Crippen LogP contribution >= 0.6 is 0 Å². The van der Waals surface area contributed by atoms with E-state index in [-0.39, 0.29) is 25.2 Å². The number of fused-ring (bicyclic) bond motifs is 1. The number of likely N-dealkylation sites (tertiary alicyclic amines) is 1. The number of methoxy groups -OCH3 is 1. The standard InChI is InChI=1S/C16H21N3O5S/c1-23-9-15(20)18-8-13-6-14-16(10-18,24-13)11-19(25(14,21)22)7-12-2-4-17-5-3-12/h2-5,13-14H,6-11H2,1H3/t13-,14+,16+/m0/s1. The average Bonchev–Trinajstić information content (AvgIpc) is 2.95. The predicted molar refractivity (Wildman–Crippen MR) is 88.0 cm³/mol. The van der Waals surface area contributed by atoms with Crippen molar-refractivity contribution >= 4 is 15.9 Å². The molecule has 0 aromatic carbocycles. The first-order chi connectivity index (χ1) is 11.9. The molecule has 0 aliphatic carbocycles. The van der Waals surface area contributed by atoms with E-state index in [0.717, 1.165) is 5.56 Å². The largest absolute Gasteiger partial charge is 0.375 e. The average molecular weight is 367 g/mol. The summed E-state index contributed by atoms with van der Waals surface area (Å²) in [7, 11) is -1.99. The third-order valence-corrected chi connectivity index (χ3v) is 7.56. The third-order valence-electron chi connectivity index (χ3n) is 5.24. The fourth-order valence-electron chi connectivity index (χ4n) is 4.19. The van der Waals surface area contributed by atoms with E-state index >= 15 is 0 Å². The lowest BCUT2D eigenvalue weighted by molar-refractivity contribution is -0.154. The zero-order valence-electron chi connectivity index (χ0n) is 14.0. The van der Waals surface area contributed by atoms with E-state index in [2.05, 4.69) is 4.98 Å². The van der Waals surface area contributed by atoms with Crippen LogP contribution in [0.3, 0.4) is 0 Å². The molecule has 0 saturated carbocycles. The highest BCUT2D eigenvalue weighted by atomic mass is 32.2. The van der Waals surface area contributed by atoms with E-state index in [9.17, 15) is 13.2 Å². The summed E-state index contributed by atoms with van der Waals surface area (Å²) in [5.41, 5.74) is 0.0488. The van der Waals surface area contributed by atoms with Gasteiger partial charge < -0.3 is 14.4 Å². The SMILES string of the molecule is COCC(=O)N1C[C@@H]2C[C@@H]3[C@@](C1)(CN(Cc1ccncc1)S3(=O)=O)O2. The molecule has 4 rings (SSSR count). The topological polar surface area (TPSA) is 89.0 Å². The van der Waals surface area contributed by atoms with Gasteiger partial charge in [0.05, 0.1) is 12.6 Å². The van der Waals surface area contributed by atoms with Gasteiger partial charge >= 0.3 is 0 Å². The second-order valence-corrected chi connectivity index (χ2v) is 9.02. The van der Waals surface area contributed by atoms with Gasteiger partial charge in [-0.25, -0.2) is 8.42 Å². The van der Waals surface area contributed by atoms with Crippen molar-refractivity contribution < 1.29 is 22.7 Å². The Morgan fingerprint density at radius 1 is 1.40 bits per heavy atom. The lowest BCUT2D eigenvalue weighted by Crippen LogP contribution is -2.57. The molecule has 136 valence electrons. The molecule has 1 spiro atoms. The molecule has 8 nitrogen and oxygen atoms in total. The lowest BCUT2D eigenvalue weighted by Gasteiger charge is -2.39. The molecule has 3 aliphatic rings. The summed E-state index contributed by atoms with van der Waals surface area (Å²) in [5, 5.41) is -0.591. The van der Waals surface area contributed by atoms with Crippen molar-refractivity contribution in [2.45, 2.75) is 29.9 Å². The molecule has 0 N–H and O–H groups in total. The van der Waals surface area contributed by atoms with Crippen molar-refractivity contribution in [3.63, 3.8) is 0 Å². The Hall–Kier alpha value is -1.55. The van der Waals surface area contributed by atoms with Gasteiger partial charge in [0.25, 0.3) is 0 Å². The van der Waals surface area contributed by atoms with E-state index in [1.807, 2.05) is 0 Å². The van der Waals surface area contributed by atoms with Gasteiger partial charge in [0.15, 0.2) is 0 Å². The first-order valence-electron chi connectivity index (χ1n) is 8.27. The van der Waals surface area contributed by atoms with Gasteiger partial charge in [-0.3, -0.25) is 9.78 Å². The van der Waals surface area contributed by atoms with E-state index in [1.165, 1.54) is 11.4 Å². The third kappa shape index (κ3) is 2.75. The number of ether oxygens (including phenoxy) is 2. The van der Waals surface area contributed by atoms with E-state index in [0.29, 0.717) is 26.1 Å². The maximum Gasteiger partial charge on any atom is 0.248 e. The van der Waals surface area contributed by atoms with Crippen molar-refractivity contribution in [3.05, 3.63) is 30.1 Å². The quantitative estimate of drug-likeness (QED) is 0.720. The fourth-order valence-corrected chi connectivity index (χ4v) is 6.48. The Bertz CT molecular complexity index is 771. The van der Waals surface area contributed by atoms with Crippen LogP contribution in [0, 0.1) is 0 Å². The van der Waals surface area contributed by atoms with Crippen molar-refractivity contribution in [1.29, 1.82) is 0 Å². The molecule has 0 unspecified atom stereocenters. The molecule has 1 aromatic heterocycles. The van der Waals surface area contributed by atoms with Gasteiger partial charge in [-0.1, -0.05) is 0 Å². The van der Waals surface area contributed by atoms with Gasteiger partial charge in [0.1, 0.15) is 17.5 Å². The van der Waals surface area contributed by atoms with Gasteiger partial charge in [-0.2, -0.15) is 4.31 Å². The second-order valence-electron chi connectivity index (χ2n) is 6.90. The number of carbonyl (C=O) groups is 1. The van der Waals surface area contributed by atoms with Crippen LogP contribution in [0.25, 0.3) is 0 Å². The minimum absolute atomic E-state index is 0.000939. The molecule has 3 aliphatic heterocycles. The van der Waals surface area contributed by atoms with Crippen molar-refractivity contribution in [3.8, 4) is 0 Å².